The van der Waals surface area contributed by atoms with E-state index in [1.54, 1.807) is 0 Å². The van der Waals surface area contributed by atoms with Gasteiger partial charge in [0.25, 0.3) is 5.91 Å². The molecule has 0 saturated carbocycles. The van der Waals surface area contributed by atoms with Crippen LogP contribution < -0.4 is 5.32 Å². The fraction of sp³-hybridized carbons (Fsp3) is 0.533. The van der Waals surface area contributed by atoms with Gasteiger partial charge < -0.3 is 15.0 Å². The highest BCUT2D eigenvalue weighted by Crippen LogP contribution is 2.24. The van der Waals surface area contributed by atoms with Crippen molar-refractivity contribution in [3.8, 4) is 0 Å². The summed E-state index contributed by atoms with van der Waals surface area (Å²) in [5.74, 6) is 0.114. The summed E-state index contributed by atoms with van der Waals surface area (Å²) in [4.78, 5) is 14.4. The number of benzene rings is 1. The molecule has 1 N–H and O–H groups in total. The fourth-order valence-corrected chi connectivity index (χ4v) is 2.87. The molecule has 102 valence electrons. The predicted octanol–water partition coefficient (Wildman–Crippen LogP) is 1.91. The van der Waals surface area contributed by atoms with Crippen molar-refractivity contribution in [2.45, 2.75) is 25.3 Å². The molecule has 3 rings (SSSR count). The second kappa shape index (κ2) is 5.21. The Morgan fingerprint density at radius 3 is 2.95 bits per heavy atom. The van der Waals surface area contributed by atoms with Crippen LogP contribution in [0, 0.1) is 0 Å². The maximum atomic E-state index is 12.5. The third-order valence-electron chi connectivity index (χ3n) is 4.13. The van der Waals surface area contributed by atoms with Crippen LogP contribution >= 0.6 is 0 Å². The van der Waals surface area contributed by atoms with Gasteiger partial charge in [0, 0.05) is 44.1 Å². The van der Waals surface area contributed by atoms with Gasteiger partial charge in [-0.3, -0.25) is 4.79 Å². The summed E-state index contributed by atoms with van der Waals surface area (Å²) in [5, 5.41) is 3.32. The topological polar surface area (TPSA) is 41.6 Å². The number of nitrogens with zero attached hydrogens (tertiary/aromatic N) is 1. The van der Waals surface area contributed by atoms with Gasteiger partial charge in [-0.25, -0.2) is 0 Å². The Bertz CT molecular complexity index is 481. The van der Waals surface area contributed by atoms with Gasteiger partial charge in [0.05, 0.1) is 0 Å². The molecular formula is C15H20N2O2. The number of fused-ring (bicyclic) bond motifs is 1. The van der Waals surface area contributed by atoms with Gasteiger partial charge in [0.2, 0.25) is 0 Å². The van der Waals surface area contributed by atoms with Crippen molar-refractivity contribution in [1.82, 2.24) is 4.90 Å². The van der Waals surface area contributed by atoms with Crippen molar-refractivity contribution in [3.63, 3.8) is 0 Å². The van der Waals surface area contributed by atoms with E-state index in [0.717, 1.165) is 50.3 Å². The largest absolute Gasteiger partial charge is 0.384 e. The number of rotatable bonds is 2. The molecule has 2 heterocycles. The number of carbonyl (C=O) groups excluding carboxylic acids is 1. The SMILES string of the molecule is CN(C(=O)c1ccc2c(c1)NCC2)C1CCOCC1. The summed E-state index contributed by atoms with van der Waals surface area (Å²) in [6.45, 7) is 2.49. The molecule has 0 spiro atoms. The van der Waals surface area contributed by atoms with E-state index in [2.05, 4.69) is 11.4 Å². The molecule has 0 aromatic heterocycles. The van der Waals surface area contributed by atoms with E-state index in [4.69, 9.17) is 4.74 Å². The maximum Gasteiger partial charge on any atom is 0.253 e. The summed E-state index contributed by atoms with van der Waals surface area (Å²) in [5.41, 5.74) is 3.21. The summed E-state index contributed by atoms with van der Waals surface area (Å²) >= 11 is 0. The summed E-state index contributed by atoms with van der Waals surface area (Å²) in [6.07, 6.45) is 2.93. The third kappa shape index (κ3) is 2.45. The lowest BCUT2D eigenvalue weighted by Gasteiger charge is -2.31. The Hall–Kier alpha value is -1.55. The average Bonchev–Trinajstić information content (AvgIpc) is 2.94. The number of ether oxygens (including phenoxy) is 1. The molecular weight excluding hydrogens is 240 g/mol. The molecule has 2 aliphatic heterocycles. The molecule has 1 aromatic rings. The molecule has 2 aliphatic rings. The number of anilines is 1. The van der Waals surface area contributed by atoms with Gasteiger partial charge in [0.15, 0.2) is 0 Å². The number of hydrogen-bond donors (Lipinski definition) is 1. The number of nitrogens with one attached hydrogen (secondary N) is 1. The molecule has 4 nitrogen and oxygen atoms in total. The van der Waals surface area contributed by atoms with E-state index in [1.807, 2.05) is 24.1 Å². The van der Waals surface area contributed by atoms with Gasteiger partial charge in [-0.15, -0.1) is 0 Å². The van der Waals surface area contributed by atoms with Crippen molar-refractivity contribution in [2.24, 2.45) is 0 Å². The number of carbonyl (C=O) groups is 1. The van der Waals surface area contributed by atoms with E-state index in [9.17, 15) is 4.79 Å². The highest BCUT2D eigenvalue weighted by Gasteiger charge is 2.24. The molecule has 4 heteroatoms. The highest BCUT2D eigenvalue weighted by atomic mass is 16.5. The van der Waals surface area contributed by atoms with E-state index in [0.29, 0.717) is 6.04 Å². The minimum atomic E-state index is 0.114. The summed E-state index contributed by atoms with van der Waals surface area (Å²) in [6, 6.07) is 6.31. The van der Waals surface area contributed by atoms with Crippen LogP contribution in [-0.2, 0) is 11.2 Å². The average molecular weight is 260 g/mol. The van der Waals surface area contributed by atoms with Gasteiger partial charge >= 0.3 is 0 Å². The first kappa shape index (κ1) is 12.5. The third-order valence-corrected chi connectivity index (χ3v) is 4.13. The Morgan fingerprint density at radius 1 is 1.37 bits per heavy atom. The van der Waals surface area contributed by atoms with Gasteiger partial charge in [-0.05, 0) is 37.0 Å². The monoisotopic (exact) mass is 260 g/mol. The molecule has 0 radical (unpaired) electrons. The zero-order valence-electron chi connectivity index (χ0n) is 11.3. The molecule has 0 unspecified atom stereocenters. The zero-order valence-corrected chi connectivity index (χ0v) is 11.3. The van der Waals surface area contributed by atoms with Crippen LogP contribution in [0.15, 0.2) is 18.2 Å². The molecule has 1 aromatic carbocycles. The Kier molecular flexibility index (Phi) is 3.42. The van der Waals surface area contributed by atoms with E-state index < -0.39 is 0 Å². The first-order chi connectivity index (χ1) is 9.25. The minimum Gasteiger partial charge on any atom is -0.384 e. The fourth-order valence-electron chi connectivity index (χ4n) is 2.87. The van der Waals surface area contributed by atoms with Crippen LogP contribution in [-0.4, -0.2) is 43.7 Å². The van der Waals surface area contributed by atoms with Gasteiger partial charge in [0.1, 0.15) is 0 Å². The molecule has 1 saturated heterocycles. The first-order valence-electron chi connectivity index (χ1n) is 6.97. The Balaban J connectivity index is 1.75. The minimum absolute atomic E-state index is 0.114. The zero-order chi connectivity index (χ0) is 13.2. The van der Waals surface area contributed by atoms with E-state index >= 15 is 0 Å². The van der Waals surface area contributed by atoms with Crippen LogP contribution in [0.3, 0.4) is 0 Å². The Morgan fingerprint density at radius 2 is 2.16 bits per heavy atom. The number of amides is 1. The van der Waals surface area contributed by atoms with Crippen LogP contribution in [0.4, 0.5) is 5.69 Å². The van der Waals surface area contributed by atoms with Crippen LogP contribution in [0.25, 0.3) is 0 Å². The smallest absolute Gasteiger partial charge is 0.253 e. The van der Waals surface area contributed by atoms with Crippen LogP contribution in [0.1, 0.15) is 28.8 Å². The standard InChI is InChI=1S/C15H20N2O2/c1-17(13-5-8-19-9-6-13)15(18)12-3-2-11-4-7-16-14(11)10-12/h2-3,10,13,16H,4-9H2,1H3. The highest BCUT2D eigenvalue weighted by molar-refractivity contribution is 5.95. The molecule has 0 bridgehead atoms. The Labute approximate surface area is 113 Å². The van der Waals surface area contributed by atoms with E-state index in [1.165, 1.54) is 5.56 Å². The molecule has 1 fully saturated rings. The lowest BCUT2D eigenvalue weighted by atomic mass is 10.0. The first-order valence-corrected chi connectivity index (χ1v) is 6.97. The van der Waals surface area contributed by atoms with Crippen molar-refractivity contribution in [2.75, 3.05) is 32.1 Å². The van der Waals surface area contributed by atoms with Crippen molar-refractivity contribution in [1.29, 1.82) is 0 Å². The summed E-state index contributed by atoms with van der Waals surface area (Å²) < 4.78 is 5.35. The second-order valence-corrected chi connectivity index (χ2v) is 5.31. The van der Waals surface area contributed by atoms with Gasteiger partial charge in [-0.2, -0.15) is 0 Å². The van der Waals surface area contributed by atoms with E-state index in [-0.39, 0.29) is 5.91 Å². The predicted molar refractivity (Wildman–Crippen MR) is 74.6 cm³/mol. The molecule has 0 aliphatic carbocycles. The lowest BCUT2D eigenvalue weighted by Crippen LogP contribution is -2.40. The van der Waals surface area contributed by atoms with Gasteiger partial charge in [-0.1, -0.05) is 6.07 Å². The molecule has 0 atom stereocenters. The maximum absolute atomic E-state index is 12.5. The quantitative estimate of drug-likeness (QED) is 0.883. The molecule has 19 heavy (non-hydrogen) atoms. The van der Waals surface area contributed by atoms with Crippen molar-refractivity contribution in [3.05, 3.63) is 29.3 Å². The second-order valence-electron chi connectivity index (χ2n) is 5.31. The van der Waals surface area contributed by atoms with Crippen molar-refractivity contribution >= 4 is 11.6 Å². The van der Waals surface area contributed by atoms with Crippen LogP contribution in [0.5, 0.6) is 0 Å². The summed E-state index contributed by atoms with van der Waals surface area (Å²) in [7, 11) is 1.90. The van der Waals surface area contributed by atoms with Crippen molar-refractivity contribution < 1.29 is 9.53 Å². The lowest BCUT2D eigenvalue weighted by molar-refractivity contribution is 0.0362. The van der Waals surface area contributed by atoms with Crippen LogP contribution in [0.2, 0.25) is 0 Å². The number of hydrogen-bond acceptors (Lipinski definition) is 3. The normalized spacial score (nSPS) is 18.8. The molecule has 1 amide bonds.